The summed E-state index contributed by atoms with van der Waals surface area (Å²) in [5.74, 6) is -1.74. The normalized spacial score (nSPS) is 11.9. The van der Waals surface area contributed by atoms with Gasteiger partial charge in [-0.05, 0) is 89.1 Å². The van der Waals surface area contributed by atoms with Crippen molar-refractivity contribution in [2.45, 2.75) is 52.7 Å². The molecule has 0 saturated carbocycles. The summed E-state index contributed by atoms with van der Waals surface area (Å²) in [6.45, 7) is 9.30. The van der Waals surface area contributed by atoms with Gasteiger partial charge in [0.25, 0.3) is 0 Å². The van der Waals surface area contributed by atoms with Crippen LogP contribution in [0.3, 0.4) is 0 Å². The lowest BCUT2D eigenvalue weighted by atomic mass is 10.1. The number of carbonyl (C=O) groups excluding carboxylic acids is 5. The molecule has 0 fully saturated rings. The van der Waals surface area contributed by atoms with Crippen LogP contribution >= 0.6 is 0 Å². The van der Waals surface area contributed by atoms with Crippen LogP contribution in [0.5, 0.6) is 23.0 Å². The van der Waals surface area contributed by atoms with Crippen molar-refractivity contribution in [1.29, 1.82) is 0 Å². The van der Waals surface area contributed by atoms with Gasteiger partial charge in [0.15, 0.2) is 28.8 Å². The van der Waals surface area contributed by atoms with Crippen LogP contribution in [-0.4, -0.2) is 73.5 Å². The second-order valence-electron chi connectivity index (χ2n) is 12.1. The van der Waals surface area contributed by atoms with Gasteiger partial charge in [-0.3, -0.25) is 4.79 Å². The second-order valence-corrected chi connectivity index (χ2v) is 12.1. The number of esters is 2. The predicted octanol–water partition coefficient (Wildman–Crippen LogP) is 5.30. The van der Waals surface area contributed by atoms with Gasteiger partial charge < -0.3 is 44.2 Å². The minimum absolute atomic E-state index is 0.0997. The van der Waals surface area contributed by atoms with Crippen LogP contribution in [0, 0.1) is 0 Å². The fourth-order valence-electron chi connectivity index (χ4n) is 3.58. The summed E-state index contributed by atoms with van der Waals surface area (Å²) in [6.07, 6.45) is 4.97. The van der Waals surface area contributed by atoms with Gasteiger partial charge in [-0.25, -0.2) is 19.2 Å². The summed E-state index contributed by atoms with van der Waals surface area (Å²) in [6, 6.07) is 9.17. The molecule has 2 aromatic carbocycles. The third kappa shape index (κ3) is 15.6. The Morgan fingerprint density at radius 3 is 1.45 bits per heavy atom. The van der Waals surface area contributed by atoms with Crippen molar-refractivity contribution in [3.05, 3.63) is 71.5 Å². The molecule has 0 spiro atoms. The summed E-state index contributed by atoms with van der Waals surface area (Å²) in [5.41, 5.74) is -0.347. The van der Waals surface area contributed by atoms with Crippen molar-refractivity contribution in [2.75, 3.05) is 27.3 Å². The van der Waals surface area contributed by atoms with Crippen molar-refractivity contribution >= 4 is 42.1 Å². The largest absolute Gasteiger partial charge is 0.508 e. The fraction of sp³-hybridized carbons (Fsp3) is 0.343. The molecule has 264 valence electrons. The maximum Gasteiger partial charge on any atom is 0.408 e. The summed E-state index contributed by atoms with van der Waals surface area (Å²) in [4.78, 5) is 60.3. The minimum atomic E-state index is -0.764. The zero-order chi connectivity index (χ0) is 36.8. The molecule has 0 aliphatic rings. The Bertz CT molecular complexity index is 1610. The fourth-order valence-corrected chi connectivity index (χ4v) is 3.58. The number of nitrogens with one attached hydrogen (secondary N) is 2. The molecular formula is C35H42N2O12. The first-order chi connectivity index (χ1) is 22.9. The van der Waals surface area contributed by atoms with Crippen molar-refractivity contribution in [2.24, 2.45) is 0 Å². The first-order valence-corrected chi connectivity index (χ1v) is 14.9. The van der Waals surface area contributed by atoms with Crippen molar-refractivity contribution in [1.82, 2.24) is 10.6 Å². The number of alkyl carbamates (subject to hydrolysis) is 2. The van der Waals surface area contributed by atoms with E-state index in [2.05, 4.69) is 10.6 Å². The van der Waals surface area contributed by atoms with Crippen LogP contribution in [0.4, 0.5) is 9.59 Å². The average molecular weight is 683 g/mol. The van der Waals surface area contributed by atoms with Crippen LogP contribution in [0.2, 0.25) is 0 Å². The summed E-state index contributed by atoms with van der Waals surface area (Å²) >= 11 is 0. The zero-order valence-electron chi connectivity index (χ0n) is 28.7. The molecule has 0 aromatic heterocycles. The van der Waals surface area contributed by atoms with E-state index in [0.717, 1.165) is 6.08 Å². The number of allylic oxidation sites excluding steroid dienone is 3. The van der Waals surface area contributed by atoms with E-state index in [0.29, 0.717) is 11.1 Å². The molecule has 0 radical (unpaired) electrons. The molecule has 2 rings (SSSR count). The highest BCUT2D eigenvalue weighted by molar-refractivity contribution is 6.02. The number of benzene rings is 2. The van der Waals surface area contributed by atoms with E-state index in [1.54, 1.807) is 59.7 Å². The molecule has 2 amide bonds. The van der Waals surface area contributed by atoms with Crippen LogP contribution in [0.15, 0.2) is 60.4 Å². The van der Waals surface area contributed by atoms with Crippen LogP contribution in [0.25, 0.3) is 12.2 Å². The monoisotopic (exact) mass is 682 g/mol. The number of rotatable bonds is 13. The average Bonchev–Trinajstić information content (AvgIpc) is 3.00. The van der Waals surface area contributed by atoms with E-state index in [4.69, 9.17) is 28.4 Å². The van der Waals surface area contributed by atoms with E-state index in [1.807, 2.05) is 0 Å². The van der Waals surface area contributed by atoms with Gasteiger partial charge >= 0.3 is 24.1 Å². The zero-order valence-corrected chi connectivity index (χ0v) is 28.7. The van der Waals surface area contributed by atoms with Crippen LogP contribution in [0.1, 0.15) is 52.7 Å². The summed E-state index contributed by atoms with van der Waals surface area (Å²) in [7, 11) is 2.75. The molecule has 3 N–H and O–H groups in total. The topological polar surface area (TPSA) is 185 Å². The first kappa shape index (κ1) is 39.4. The lowest BCUT2D eigenvalue weighted by Gasteiger charge is -2.19. The number of ether oxygens (including phenoxy) is 6. The van der Waals surface area contributed by atoms with Gasteiger partial charge in [0.05, 0.1) is 14.2 Å². The van der Waals surface area contributed by atoms with E-state index >= 15 is 0 Å². The molecule has 0 saturated heterocycles. The van der Waals surface area contributed by atoms with Crippen LogP contribution in [-0.2, 0) is 23.9 Å². The van der Waals surface area contributed by atoms with E-state index in [1.165, 1.54) is 56.7 Å². The SMILES string of the molecule is COc1cc(/C=C/C(=O)C=C(O)/C=C/c2ccc(OC(=O)CNC(=O)OC(C)(C)C)c(OC)c2)ccc1OC(=O)CNC(=O)OC(C)(C)C. The highest BCUT2D eigenvalue weighted by atomic mass is 16.6. The second kappa shape index (κ2) is 17.9. The Balaban J connectivity index is 1.97. The maximum absolute atomic E-state index is 12.4. The molecule has 49 heavy (non-hydrogen) atoms. The van der Waals surface area contributed by atoms with Gasteiger partial charge in [-0.2, -0.15) is 0 Å². The third-order valence-corrected chi connectivity index (χ3v) is 5.55. The Morgan fingerprint density at radius 2 is 1.06 bits per heavy atom. The smallest absolute Gasteiger partial charge is 0.408 e. The van der Waals surface area contributed by atoms with Crippen molar-refractivity contribution in [3.63, 3.8) is 0 Å². The molecule has 14 heteroatoms. The Morgan fingerprint density at radius 1 is 0.653 bits per heavy atom. The summed E-state index contributed by atoms with van der Waals surface area (Å²) in [5, 5.41) is 14.9. The molecule has 2 aromatic rings. The maximum atomic E-state index is 12.4. The standard InChI is InChI=1S/C35H42N2O12/c1-34(2,3)48-32(42)36-20-30(40)46-26-15-11-22(17-28(26)44-7)9-13-24(38)19-25(39)14-10-23-12-16-27(29(18-23)45-8)47-31(41)21-37-33(43)49-35(4,5)6/h9-19,38H,20-21H2,1-8H3,(H,36,42)(H,37,43)/b13-9+,14-10+,24-19?. The Labute approximate surface area is 284 Å². The van der Waals surface area contributed by atoms with E-state index in [-0.39, 0.29) is 28.8 Å². The molecule has 0 bridgehead atoms. The quantitative estimate of drug-likeness (QED) is 0.0815. The molecule has 14 nitrogen and oxygen atoms in total. The van der Waals surface area contributed by atoms with Gasteiger partial charge in [-0.15, -0.1) is 0 Å². The highest BCUT2D eigenvalue weighted by Crippen LogP contribution is 2.30. The lowest BCUT2D eigenvalue weighted by molar-refractivity contribution is -0.134. The number of aliphatic hydroxyl groups is 1. The molecule has 0 atom stereocenters. The molecule has 0 unspecified atom stereocenters. The third-order valence-electron chi connectivity index (χ3n) is 5.55. The lowest BCUT2D eigenvalue weighted by Crippen LogP contribution is -2.36. The van der Waals surface area contributed by atoms with Crippen LogP contribution < -0.4 is 29.6 Å². The van der Waals surface area contributed by atoms with Gasteiger partial charge in [0.1, 0.15) is 30.1 Å². The Hall–Kier alpha value is -5.79. The van der Waals surface area contributed by atoms with Crippen molar-refractivity contribution < 1.29 is 57.5 Å². The van der Waals surface area contributed by atoms with E-state index < -0.39 is 54.2 Å². The predicted molar refractivity (Wildman–Crippen MR) is 180 cm³/mol. The number of hydrogen-bond acceptors (Lipinski definition) is 12. The number of ketones is 1. The summed E-state index contributed by atoms with van der Waals surface area (Å²) < 4.78 is 31.2. The number of hydrogen-bond donors (Lipinski definition) is 3. The number of aliphatic hydroxyl groups excluding tert-OH is 1. The van der Waals surface area contributed by atoms with Gasteiger partial charge in [-0.1, -0.05) is 24.3 Å². The molecule has 0 aliphatic carbocycles. The molecular weight excluding hydrogens is 640 g/mol. The van der Waals surface area contributed by atoms with Crippen molar-refractivity contribution in [3.8, 4) is 23.0 Å². The van der Waals surface area contributed by atoms with Gasteiger partial charge in [0, 0.05) is 6.08 Å². The number of carbonyl (C=O) groups is 5. The first-order valence-electron chi connectivity index (χ1n) is 14.9. The van der Waals surface area contributed by atoms with E-state index in [9.17, 15) is 29.1 Å². The van der Waals surface area contributed by atoms with Gasteiger partial charge in [0.2, 0.25) is 0 Å². The molecule has 0 aliphatic heterocycles. The highest BCUT2D eigenvalue weighted by Gasteiger charge is 2.19. The molecule has 0 heterocycles. The Kier molecular flexibility index (Phi) is 14.4. The number of methoxy groups -OCH3 is 2. The minimum Gasteiger partial charge on any atom is -0.508 e. The number of amides is 2.